The highest BCUT2D eigenvalue weighted by molar-refractivity contribution is 6.33. The van der Waals surface area contributed by atoms with E-state index in [2.05, 4.69) is 91.0 Å². The molecule has 134 valence electrons. The van der Waals surface area contributed by atoms with Gasteiger partial charge in [-0.1, -0.05) is 72.8 Å². The van der Waals surface area contributed by atoms with Crippen molar-refractivity contribution in [3.63, 3.8) is 0 Å². The second-order valence-electron chi connectivity index (χ2n) is 7.75. The Labute approximate surface area is 166 Å². The number of rotatable bonds is 0. The Bertz CT molecular complexity index is 1750. The van der Waals surface area contributed by atoms with Crippen molar-refractivity contribution in [1.29, 1.82) is 0 Å². The lowest BCUT2D eigenvalue weighted by Gasteiger charge is -2.12. The van der Waals surface area contributed by atoms with E-state index >= 15 is 0 Å². The van der Waals surface area contributed by atoms with Crippen molar-refractivity contribution in [2.45, 2.75) is 0 Å². The fourth-order valence-electron chi connectivity index (χ4n) is 4.90. The summed E-state index contributed by atoms with van der Waals surface area (Å²) >= 11 is 0. The molecule has 7 aromatic rings. The predicted octanol–water partition coefficient (Wildman–Crippen LogP) is 8.20. The molecule has 0 saturated carbocycles. The minimum atomic E-state index is 0.942. The van der Waals surface area contributed by atoms with Gasteiger partial charge in [-0.25, -0.2) is 0 Å². The first kappa shape index (κ1) is 15.1. The summed E-state index contributed by atoms with van der Waals surface area (Å²) in [5.41, 5.74) is 1.92. The average molecular weight is 368 g/mol. The molecule has 0 unspecified atom stereocenters. The summed E-state index contributed by atoms with van der Waals surface area (Å²) in [6.45, 7) is 0. The lowest BCUT2D eigenvalue weighted by Crippen LogP contribution is -1.85. The summed E-state index contributed by atoms with van der Waals surface area (Å²) in [4.78, 5) is 0. The van der Waals surface area contributed by atoms with Crippen LogP contribution in [0.15, 0.2) is 101 Å². The van der Waals surface area contributed by atoms with Gasteiger partial charge in [0.15, 0.2) is 0 Å². The Morgan fingerprint density at radius 2 is 0.966 bits per heavy atom. The van der Waals surface area contributed by atoms with E-state index in [1.165, 1.54) is 53.9 Å². The van der Waals surface area contributed by atoms with Crippen LogP contribution in [0.3, 0.4) is 0 Å². The fourth-order valence-corrected chi connectivity index (χ4v) is 4.90. The van der Waals surface area contributed by atoms with E-state index in [-0.39, 0.29) is 0 Å². The van der Waals surface area contributed by atoms with Crippen molar-refractivity contribution in [1.82, 2.24) is 0 Å². The summed E-state index contributed by atoms with van der Waals surface area (Å²) in [6, 6.07) is 34.7. The number of para-hydroxylation sites is 1. The second-order valence-corrected chi connectivity index (χ2v) is 7.75. The maximum atomic E-state index is 6.41. The van der Waals surface area contributed by atoms with Gasteiger partial charge in [0, 0.05) is 16.2 Å². The van der Waals surface area contributed by atoms with Gasteiger partial charge in [0.05, 0.1) is 0 Å². The van der Waals surface area contributed by atoms with Crippen molar-refractivity contribution >= 4 is 65.0 Å². The van der Waals surface area contributed by atoms with E-state index in [9.17, 15) is 0 Å². The van der Waals surface area contributed by atoms with Crippen LogP contribution in [0.5, 0.6) is 0 Å². The molecule has 1 nitrogen and oxygen atoms in total. The van der Waals surface area contributed by atoms with Gasteiger partial charge in [0.1, 0.15) is 11.2 Å². The van der Waals surface area contributed by atoms with Crippen molar-refractivity contribution < 1.29 is 4.42 Å². The number of fused-ring (bicyclic) bond motifs is 11. The monoisotopic (exact) mass is 368 g/mol. The van der Waals surface area contributed by atoms with Crippen LogP contribution in [0.4, 0.5) is 0 Å². The van der Waals surface area contributed by atoms with Gasteiger partial charge in [-0.05, 0) is 62.0 Å². The van der Waals surface area contributed by atoms with Crippen molar-refractivity contribution in [2.75, 3.05) is 0 Å². The zero-order chi connectivity index (χ0) is 18.9. The summed E-state index contributed by atoms with van der Waals surface area (Å²) in [5, 5.41) is 12.4. The van der Waals surface area contributed by atoms with E-state index in [4.69, 9.17) is 4.42 Å². The van der Waals surface area contributed by atoms with Crippen molar-refractivity contribution in [3.8, 4) is 0 Å². The molecule has 1 heteroatoms. The SMILES string of the molecule is c1ccc2cc3c(cc2c1)c1ccccc1c1c3ccc2c3ccccc3oc21. The van der Waals surface area contributed by atoms with E-state index in [1.54, 1.807) is 0 Å². The maximum absolute atomic E-state index is 6.41. The minimum Gasteiger partial charge on any atom is -0.455 e. The van der Waals surface area contributed by atoms with Gasteiger partial charge in [-0.15, -0.1) is 0 Å². The summed E-state index contributed by atoms with van der Waals surface area (Å²) < 4.78 is 6.41. The molecule has 0 spiro atoms. The van der Waals surface area contributed by atoms with E-state index in [1.807, 2.05) is 6.07 Å². The highest BCUT2D eigenvalue weighted by Crippen LogP contribution is 2.42. The third kappa shape index (κ3) is 1.94. The number of hydrogen-bond donors (Lipinski definition) is 0. The van der Waals surface area contributed by atoms with Crippen LogP contribution in [0.25, 0.3) is 65.0 Å². The molecule has 0 saturated heterocycles. The molecule has 0 atom stereocenters. The van der Waals surface area contributed by atoms with Crippen LogP contribution in [-0.2, 0) is 0 Å². The molecular weight excluding hydrogens is 352 g/mol. The van der Waals surface area contributed by atoms with E-state index < -0.39 is 0 Å². The molecule has 0 radical (unpaired) electrons. The van der Waals surface area contributed by atoms with Crippen LogP contribution in [0.1, 0.15) is 0 Å². The van der Waals surface area contributed by atoms with Crippen molar-refractivity contribution in [2.24, 2.45) is 0 Å². The Balaban J connectivity index is 1.83. The zero-order valence-corrected chi connectivity index (χ0v) is 15.6. The largest absolute Gasteiger partial charge is 0.455 e. The second kappa shape index (κ2) is 5.36. The van der Waals surface area contributed by atoms with Gasteiger partial charge in [-0.2, -0.15) is 0 Å². The van der Waals surface area contributed by atoms with Crippen LogP contribution in [0.2, 0.25) is 0 Å². The Kier molecular flexibility index (Phi) is 2.80. The Hall–Kier alpha value is -3.84. The molecule has 0 aliphatic heterocycles. The molecule has 6 aromatic carbocycles. The lowest BCUT2D eigenvalue weighted by atomic mass is 9.91. The molecule has 29 heavy (non-hydrogen) atoms. The standard InChI is InChI=1S/C28H16O/c1-2-8-18-16-25-22-13-14-23-20-10-5-6-12-26(20)29-28(23)27(22)21-11-4-3-9-19(21)24(25)15-17(18)7-1/h1-16H. The molecule has 0 bridgehead atoms. The normalized spacial score (nSPS) is 12.1. The zero-order valence-electron chi connectivity index (χ0n) is 15.6. The third-order valence-electron chi connectivity index (χ3n) is 6.21. The van der Waals surface area contributed by atoms with Crippen LogP contribution in [0, 0.1) is 0 Å². The highest BCUT2D eigenvalue weighted by atomic mass is 16.3. The summed E-state index contributed by atoms with van der Waals surface area (Å²) in [7, 11) is 0. The summed E-state index contributed by atoms with van der Waals surface area (Å²) in [5.74, 6) is 0. The lowest BCUT2D eigenvalue weighted by molar-refractivity contribution is 0.673. The molecular formula is C28H16O. The van der Waals surface area contributed by atoms with E-state index in [0.29, 0.717) is 0 Å². The summed E-state index contributed by atoms with van der Waals surface area (Å²) in [6.07, 6.45) is 0. The molecule has 0 fully saturated rings. The van der Waals surface area contributed by atoms with Gasteiger partial charge < -0.3 is 4.42 Å². The molecule has 0 aliphatic rings. The van der Waals surface area contributed by atoms with Gasteiger partial charge in [0.2, 0.25) is 0 Å². The minimum absolute atomic E-state index is 0.942. The van der Waals surface area contributed by atoms with Crippen LogP contribution in [-0.4, -0.2) is 0 Å². The van der Waals surface area contributed by atoms with Crippen molar-refractivity contribution in [3.05, 3.63) is 97.1 Å². The molecule has 0 N–H and O–H groups in total. The third-order valence-corrected chi connectivity index (χ3v) is 6.21. The number of furan rings is 1. The van der Waals surface area contributed by atoms with Gasteiger partial charge in [-0.3, -0.25) is 0 Å². The van der Waals surface area contributed by atoms with Gasteiger partial charge in [0.25, 0.3) is 0 Å². The molecule has 0 aliphatic carbocycles. The maximum Gasteiger partial charge on any atom is 0.143 e. The molecule has 7 rings (SSSR count). The quantitative estimate of drug-likeness (QED) is 0.194. The first-order valence-electron chi connectivity index (χ1n) is 9.96. The molecule has 1 aromatic heterocycles. The topological polar surface area (TPSA) is 13.1 Å². The average Bonchev–Trinajstić information content (AvgIpc) is 3.16. The highest BCUT2D eigenvalue weighted by Gasteiger charge is 2.16. The predicted molar refractivity (Wildman–Crippen MR) is 124 cm³/mol. The Morgan fingerprint density at radius 1 is 0.414 bits per heavy atom. The molecule has 1 heterocycles. The van der Waals surface area contributed by atoms with Gasteiger partial charge >= 0.3 is 0 Å². The number of benzene rings is 6. The number of hydrogen-bond acceptors (Lipinski definition) is 1. The van der Waals surface area contributed by atoms with Crippen LogP contribution < -0.4 is 0 Å². The fraction of sp³-hybridized carbons (Fsp3) is 0. The smallest absolute Gasteiger partial charge is 0.143 e. The first-order chi connectivity index (χ1) is 14.4. The first-order valence-corrected chi connectivity index (χ1v) is 9.96. The van der Waals surface area contributed by atoms with Crippen LogP contribution >= 0.6 is 0 Å². The molecule has 0 amide bonds. The Morgan fingerprint density at radius 3 is 1.76 bits per heavy atom. The van der Waals surface area contributed by atoms with E-state index in [0.717, 1.165) is 11.2 Å².